The number of anilines is 1. The fourth-order valence-corrected chi connectivity index (χ4v) is 4.47. The van der Waals surface area contributed by atoms with Crippen molar-refractivity contribution in [3.8, 4) is 5.69 Å². The number of nitrogens with zero attached hydrogens (tertiary/aromatic N) is 7. The van der Waals surface area contributed by atoms with E-state index in [0.29, 0.717) is 46.4 Å². The van der Waals surface area contributed by atoms with Gasteiger partial charge in [0.1, 0.15) is 0 Å². The topological polar surface area (TPSA) is 127 Å². The van der Waals surface area contributed by atoms with Crippen molar-refractivity contribution >= 4 is 38.7 Å². The van der Waals surface area contributed by atoms with Gasteiger partial charge in [-0.3, -0.25) is 4.79 Å². The summed E-state index contributed by atoms with van der Waals surface area (Å²) in [4.78, 5) is 14.1. The highest BCUT2D eigenvalue weighted by molar-refractivity contribution is 7.88. The Kier molecular flexibility index (Phi) is 4.92. The molecule has 0 spiro atoms. The Bertz CT molecular complexity index is 1440. The molecule has 0 aliphatic carbocycles. The van der Waals surface area contributed by atoms with Crippen molar-refractivity contribution < 1.29 is 13.2 Å². The van der Waals surface area contributed by atoms with Crippen molar-refractivity contribution in [2.24, 2.45) is 0 Å². The molecule has 0 saturated carbocycles. The predicted octanol–water partition coefficient (Wildman–Crippen LogP) is 1.57. The molecule has 5 rings (SSSR count). The minimum absolute atomic E-state index is 0.111. The summed E-state index contributed by atoms with van der Waals surface area (Å²) in [6, 6.07) is 10.4. The molecule has 3 aromatic heterocycles. The summed E-state index contributed by atoms with van der Waals surface area (Å²) in [5, 5.41) is 19.8. The van der Waals surface area contributed by atoms with Crippen LogP contribution >= 0.6 is 11.6 Å². The molecule has 1 N–H and O–H groups in total. The second kappa shape index (κ2) is 7.65. The zero-order valence-electron chi connectivity index (χ0n) is 16.8. The number of tetrazole rings is 1. The van der Waals surface area contributed by atoms with E-state index in [-0.39, 0.29) is 11.8 Å². The lowest BCUT2D eigenvalue weighted by Crippen LogP contribution is -2.48. The molecule has 1 amide bonds. The highest BCUT2D eigenvalue weighted by Gasteiger charge is 2.36. The van der Waals surface area contributed by atoms with Crippen LogP contribution in [0.15, 0.2) is 48.8 Å². The molecule has 1 aliphatic rings. The lowest BCUT2D eigenvalue weighted by molar-refractivity contribution is 0.102. The highest BCUT2D eigenvalue weighted by Crippen LogP contribution is 2.28. The van der Waals surface area contributed by atoms with E-state index in [9.17, 15) is 13.2 Å². The summed E-state index contributed by atoms with van der Waals surface area (Å²) in [6.45, 7) is 0.651. The lowest BCUT2D eigenvalue weighted by atomic mass is 10.0. The summed E-state index contributed by atoms with van der Waals surface area (Å²) in [5.41, 5.74) is 2.01. The molecule has 164 valence electrons. The van der Waals surface area contributed by atoms with Crippen molar-refractivity contribution in [2.45, 2.75) is 5.92 Å². The predicted molar refractivity (Wildman–Crippen MR) is 116 cm³/mol. The van der Waals surface area contributed by atoms with Crippen LogP contribution in [0.1, 0.15) is 22.1 Å². The second-order valence-corrected chi connectivity index (χ2v) is 9.81. The molecule has 1 saturated heterocycles. The van der Waals surface area contributed by atoms with Crippen LogP contribution in [0.2, 0.25) is 5.02 Å². The minimum Gasteiger partial charge on any atom is -0.320 e. The van der Waals surface area contributed by atoms with Gasteiger partial charge in [0, 0.05) is 19.3 Å². The maximum Gasteiger partial charge on any atom is 0.259 e. The number of carbonyl (C=O) groups is 1. The maximum atomic E-state index is 12.8. The lowest BCUT2D eigenvalue weighted by Gasteiger charge is -2.34. The number of rotatable bonds is 5. The fourth-order valence-electron chi connectivity index (χ4n) is 3.40. The number of fused-ring (bicyclic) bond motifs is 1. The van der Waals surface area contributed by atoms with Gasteiger partial charge in [-0.15, -0.1) is 15.0 Å². The Morgan fingerprint density at radius 3 is 2.81 bits per heavy atom. The van der Waals surface area contributed by atoms with Crippen molar-refractivity contribution in [1.82, 2.24) is 34.1 Å². The quantitative estimate of drug-likeness (QED) is 0.467. The summed E-state index contributed by atoms with van der Waals surface area (Å²) in [5.74, 6) is -0.00909. The van der Waals surface area contributed by atoms with Crippen molar-refractivity contribution in [2.75, 3.05) is 24.7 Å². The first-order chi connectivity index (χ1) is 15.3. The van der Waals surface area contributed by atoms with Gasteiger partial charge in [-0.2, -0.15) is 5.10 Å². The van der Waals surface area contributed by atoms with Crippen LogP contribution in [0.5, 0.6) is 0 Å². The first-order valence-electron chi connectivity index (χ1n) is 9.58. The number of aromatic nitrogens is 6. The number of benzene rings is 1. The van der Waals surface area contributed by atoms with Crippen LogP contribution in [0, 0.1) is 0 Å². The van der Waals surface area contributed by atoms with Crippen LogP contribution in [0.3, 0.4) is 0 Å². The monoisotopic (exact) mass is 472 g/mol. The standard InChI is InChI=1S/C19H17ClN8O3S/c1-32(30,31)26-10-12(11-26)18-23-25-28(24-18)13-5-6-15(20)16(8-13)22-19(29)14-9-21-27-7-3-2-4-17(14)27/h2-9,12H,10-11H2,1H3,(H,22,29). The van der Waals surface area contributed by atoms with Gasteiger partial charge < -0.3 is 5.32 Å². The molecule has 1 aliphatic heterocycles. The van der Waals surface area contributed by atoms with E-state index in [1.165, 1.54) is 21.6 Å². The van der Waals surface area contributed by atoms with Crippen LogP contribution in [0.4, 0.5) is 5.69 Å². The molecule has 32 heavy (non-hydrogen) atoms. The first-order valence-corrected chi connectivity index (χ1v) is 11.8. The fraction of sp³-hybridized carbons (Fsp3) is 0.211. The third kappa shape index (κ3) is 3.72. The summed E-state index contributed by atoms with van der Waals surface area (Å²) >= 11 is 6.29. The number of hydrogen-bond acceptors (Lipinski definition) is 7. The van der Waals surface area contributed by atoms with Crippen molar-refractivity contribution in [3.63, 3.8) is 0 Å². The zero-order chi connectivity index (χ0) is 22.5. The van der Waals surface area contributed by atoms with Gasteiger partial charge in [0.2, 0.25) is 10.0 Å². The van der Waals surface area contributed by atoms with Gasteiger partial charge >= 0.3 is 0 Å². The van der Waals surface area contributed by atoms with E-state index in [1.54, 1.807) is 35.0 Å². The maximum absolute atomic E-state index is 12.8. The Balaban J connectivity index is 1.36. The third-order valence-electron chi connectivity index (χ3n) is 5.21. The molecule has 0 radical (unpaired) electrons. The Labute approximate surface area is 187 Å². The highest BCUT2D eigenvalue weighted by atomic mass is 35.5. The van der Waals surface area contributed by atoms with Gasteiger partial charge in [0.05, 0.1) is 45.8 Å². The second-order valence-electron chi connectivity index (χ2n) is 7.42. The third-order valence-corrected chi connectivity index (χ3v) is 6.78. The molecule has 1 fully saturated rings. The molecule has 0 unspecified atom stereocenters. The number of hydrogen-bond donors (Lipinski definition) is 1. The van der Waals surface area contributed by atoms with E-state index >= 15 is 0 Å². The van der Waals surface area contributed by atoms with Gasteiger partial charge in [0.25, 0.3) is 5.91 Å². The Hall–Kier alpha value is -3.35. The Morgan fingerprint density at radius 2 is 2.03 bits per heavy atom. The van der Waals surface area contributed by atoms with E-state index in [4.69, 9.17) is 11.6 Å². The number of carbonyl (C=O) groups excluding carboxylic acids is 1. The summed E-state index contributed by atoms with van der Waals surface area (Å²) in [6.07, 6.45) is 4.42. The minimum atomic E-state index is -3.22. The largest absolute Gasteiger partial charge is 0.320 e. The molecule has 0 bridgehead atoms. The van der Waals surface area contributed by atoms with Gasteiger partial charge in [-0.25, -0.2) is 17.2 Å². The number of pyridine rings is 1. The van der Waals surface area contributed by atoms with Crippen LogP contribution in [0.25, 0.3) is 11.2 Å². The number of nitrogens with one attached hydrogen (secondary N) is 1. The van der Waals surface area contributed by atoms with E-state index in [2.05, 4.69) is 25.8 Å². The normalized spacial score (nSPS) is 15.1. The van der Waals surface area contributed by atoms with Crippen molar-refractivity contribution in [3.05, 3.63) is 65.2 Å². The number of halogens is 1. The van der Waals surface area contributed by atoms with Gasteiger partial charge in [-0.05, 0) is 35.5 Å². The average Bonchev–Trinajstić information content (AvgIpc) is 3.35. The van der Waals surface area contributed by atoms with E-state index in [0.717, 1.165) is 0 Å². The summed E-state index contributed by atoms with van der Waals surface area (Å²) < 4.78 is 26.1. The molecule has 4 heterocycles. The smallest absolute Gasteiger partial charge is 0.259 e. The van der Waals surface area contributed by atoms with Crippen molar-refractivity contribution in [1.29, 1.82) is 0 Å². The van der Waals surface area contributed by atoms with Crippen LogP contribution < -0.4 is 5.32 Å². The molecule has 13 heteroatoms. The van der Waals surface area contributed by atoms with Gasteiger partial charge in [0.15, 0.2) is 5.82 Å². The number of amides is 1. The first kappa shape index (κ1) is 20.5. The van der Waals surface area contributed by atoms with Gasteiger partial charge in [-0.1, -0.05) is 17.7 Å². The van der Waals surface area contributed by atoms with Crippen LogP contribution in [-0.2, 0) is 10.0 Å². The van der Waals surface area contributed by atoms with E-state index < -0.39 is 10.0 Å². The molecule has 1 aromatic carbocycles. The molecule has 4 aromatic rings. The average molecular weight is 473 g/mol. The molecular formula is C19H17ClN8O3S. The SMILES string of the molecule is CS(=O)(=O)N1CC(c2nnn(-c3ccc(Cl)c(NC(=O)c4cnn5ccccc45)c3)n2)C1. The zero-order valence-corrected chi connectivity index (χ0v) is 18.3. The summed E-state index contributed by atoms with van der Waals surface area (Å²) in [7, 11) is -3.22. The molecule has 0 atom stereocenters. The van der Waals surface area contributed by atoms with Crippen LogP contribution in [-0.4, -0.2) is 67.8 Å². The molecule has 11 nitrogen and oxygen atoms in total. The Morgan fingerprint density at radius 1 is 1.22 bits per heavy atom. The molecular weight excluding hydrogens is 456 g/mol. The number of sulfonamides is 1. The van der Waals surface area contributed by atoms with E-state index in [1.807, 2.05) is 12.1 Å².